The molecule has 3 rings (SSSR count). The van der Waals surface area contributed by atoms with Gasteiger partial charge in [0.05, 0.1) is 0 Å². The fraction of sp³-hybridized carbons (Fsp3) is 0.368. The van der Waals surface area contributed by atoms with Gasteiger partial charge in [-0.15, -0.1) is 0 Å². The average Bonchev–Trinajstić information content (AvgIpc) is 2.89. The van der Waals surface area contributed by atoms with E-state index >= 15 is 0 Å². The molecular weight excluding hydrogens is 354 g/mol. The van der Waals surface area contributed by atoms with Crippen molar-refractivity contribution in [3.63, 3.8) is 0 Å². The van der Waals surface area contributed by atoms with Gasteiger partial charge in [-0.3, -0.25) is 9.88 Å². The molecule has 144 valence electrons. The molecule has 6 nitrogen and oxygen atoms in total. The molecule has 1 aromatic heterocycles. The van der Waals surface area contributed by atoms with Crippen LogP contribution in [0.2, 0.25) is 0 Å². The first-order chi connectivity index (χ1) is 13.1. The molecular formula is C19H22F2N4O2. The van der Waals surface area contributed by atoms with Crippen molar-refractivity contribution in [1.29, 1.82) is 0 Å². The Morgan fingerprint density at radius 2 is 1.81 bits per heavy atom. The number of hydrogen-bond donors (Lipinski definition) is 1. The molecule has 1 fully saturated rings. The SMILES string of the molecule is O=C(Nc1ccc(OC(F)F)cc1)N1CCCN(Cc2ccncc2)CC1. The third kappa shape index (κ3) is 5.89. The molecule has 2 amide bonds. The van der Waals surface area contributed by atoms with E-state index in [1.165, 1.54) is 17.7 Å². The van der Waals surface area contributed by atoms with Crippen molar-refractivity contribution in [3.05, 3.63) is 54.4 Å². The fourth-order valence-electron chi connectivity index (χ4n) is 3.00. The monoisotopic (exact) mass is 376 g/mol. The van der Waals surface area contributed by atoms with Crippen molar-refractivity contribution in [2.24, 2.45) is 0 Å². The number of hydrogen-bond acceptors (Lipinski definition) is 4. The summed E-state index contributed by atoms with van der Waals surface area (Å²) in [6.45, 7) is 0.985. The first-order valence-corrected chi connectivity index (χ1v) is 8.82. The highest BCUT2D eigenvalue weighted by atomic mass is 19.3. The molecule has 0 atom stereocenters. The van der Waals surface area contributed by atoms with Crippen LogP contribution in [0.3, 0.4) is 0 Å². The molecule has 0 saturated carbocycles. The zero-order valence-corrected chi connectivity index (χ0v) is 14.9. The van der Waals surface area contributed by atoms with Crippen LogP contribution >= 0.6 is 0 Å². The molecule has 1 aliphatic rings. The molecule has 0 radical (unpaired) electrons. The predicted octanol–water partition coefficient (Wildman–Crippen LogP) is 3.42. The van der Waals surface area contributed by atoms with Crippen molar-refractivity contribution in [3.8, 4) is 5.75 Å². The number of nitrogens with zero attached hydrogens (tertiary/aromatic N) is 3. The second-order valence-electron chi connectivity index (χ2n) is 6.31. The van der Waals surface area contributed by atoms with Crippen LogP contribution in [0, 0.1) is 0 Å². The lowest BCUT2D eigenvalue weighted by atomic mass is 10.2. The smallest absolute Gasteiger partial charge is 0.387 e. The Kier molecular flexibility index (Phi) is 6.54. The highest BCUT2D eigenvalue weighted by Gasteiger charge is 2.19. The normalized spacial score (nSPS) is 15.4. The Morgan fingerprint density at radius 1 is 1.07 bits per heavy atom. The summed E-state index contributed by atoms with van der Waals surface area (Å²) >= 11 is 0. The van der Waals surface area contributed by atoms with Crippen LogP contribution in [0.5, 0.6) is 5.75 Å². The first-order valence-electron chi connectivity index (χ1n) is 8.82. The number of urea groups is 1. The average molecular weight is 376 g/mol. The number of halogens is 2. The van der Waals surface area contributed by atoms with Crippen molar-refractivity contribution in [2.45, 2.75) is 19.6 Å². The van der Waals surface area contributed by atoms with Gasteiger partial charge in [0.15, 0.2) is 0 Å². The second kappa shape index (κ2) is 9.27. The van der Waals surface area contributed by atoms with E-state index in [1.807, 2.05) is 12.1 Å². The van der Waals surface area contributed by atoms with Crippen LogP contribution in [-0.4, -0.2) is 53.6 Å². The van der Waals surface area contributed by atoms with Crippen LogP contribution in [0.15, 0.2) is 48.8 Å². The van der Waals surface area contributed by atoms with Gasteiger partial charge in [0.2, 0.25) is 0 Å². The van der Waals surface area contributed by atoms with Gasteiger partial charge in [0, 0.05) is 50.8 Å². The maximum atomic E-state index is 12.5. The van der Waals surface area contributed by atoms with E-state index in [1.54, 1.807) is 29.4 Å². The molecule has 1 N–H and O–H groups in total. The third-order valence-electron chi connectivity index (χ3n) is 4.36. The third-order valence-corrected chi connectivity index (χ3v) is 4.36. The summed E-state index contributed by atoms with van der Waals surface area (Å²) in [5.74, 6) is 0.0597. The lowest BCUT2D eigenvalue weighted by molar-refractivity contribution is -0.0498. The molecule has 8 heteroatoms. The molecule has 1 saturated heterocycles. The quantitative estimate of drug-likeness (QED) is 0.869. The molecule has 2 heterocycles. The summed E-state index contributed by atoms with van der Waals surface area (Å²) in [6, 6.07) is 9.70. The number of rotatable bonds is 5. The van der Waals surface area contributed by atoms with Crippen molar-refractivity contribution < 1.29 is 18.3 Å². The summed E-state index contributed by atoms with van der Waals surface area (Å²) in [5.41, 5.74) is 1.74. The van der Waals surface area contributed by atoms with E-state index in [-0.39, 0.29) is 11.8 Å². The minimum Gasteiger partial charge on any atom is -0.435 e. The van der Waals surface area contributed by atoms with Gasteiger partial charge in [-0.25, -0.2) is 4.79 Å². The van der Waals surface area contributed by atoms with Gasteiger partial charge < -0.3 is 15.0 Å². The number of pyridine rings is 1. The van der Waals surface area contributed by atoms with Crippen LogP contribution in [0.25, 0.3) is 0 Å². The maximum Gasteiger partial charge on any atom is 0.387 e. The summed E-state index contributed by atoms with van der Waals surface area (Å²) < 4.78 is 28.7. The van der Waals surface area contributed by atoms with E-state index in [0.717, 1.165) is 26.1 Å². The fourth-order valence-corrected chi connectivity index (χ4v) is 3.00. The largest absolute Gasteiger partial charge is 0.435 e. The van der Waals surface area contributed by atoms with Gasteiger partial charge >= 0.3 is 12.6 Å². The minimum absolute atomic E-state index is 0.0597. The van der Waals surface area contributed by atoms with Crippen LogP contribution in [0.4, 0.5) is 19.3 Å². The number of carbonyl (C=O) groups excluding carboxylic acids is 1. The minimum atomic E-state index is -2.86. The Bertz CT molecular complexity index is 728. The van der Waals surface area contributed by atoms with Gasteiger partial charge in [0.1, 0.15) is 5.75 Å². The molecule has 0 aliphatic carbocycles. The van der Waals surface area contributed by atoms with Crippen LogP contribution < -0.4 is 10.1 Å². The number of anilines is 1. The molecule has 0 bridgehead atoms. The number of alkyl halides is 2. The van der Waals surface area contributed by atoms with Crippen molar-refractivity contribution >= 4 is 11.7 Å². The Morgan fingerprint density at radius 3 is 2.52 bits per heavy atom. The van der Waals surface area contributed by atoms with E-state index in [4.69, 9.17) is 0 Å². The maximum absolute atomic E-state index is 12.5. The number of benzene rings is 1. The zero-order chi connectivity index (χ0) is 19.1. The number of nitrogens with one attached hydrogen (secondary N) is 1. The lowest BCUT2D eigenvalue weighted by Gasteiger charge is -2.22. The summed E-state index contributed by atoms with van der Waals surface area (Å²) in [5, 5.41) is 2.80. The van der Waals surface area contributed by atoms with Gasteiger partial charge in [-0.05, 0) is 48.4 Å². The summed E-state index contributed by atoms with van der Waals surface area (Å²) in [4.78, 5) is 20.6. The zero-order valence-electron chi connectivity index (χ0n) is 14.9. The van der Waals surface area contributed by atoms with Crippen molar-refractivity contribution in [1.82, 2.24) is 14.8 Å². The second-order valence-corrected chi connectivity index (χ2v) is 6.31. The van der Waals surface area contributed by atoms with E-state index in [9.17, 15) is 13.6 Å². The van der Waals surface area contributed by atoms with E-state index in [2.05, 4.69) is 19.9 Å². The molecule has 2 aromatic rings. The molecule has 27 heavy (non-hydrogen) atoms. The summed E-state index contributed by atoms with van der Waals surface area (Å²) in [6.07, 6.45) is 4.45. The Hall–Kier alpha value is -2.74. The van der Waals surface area contributed by atoms with Gasteiger partial charge in [-0.1, -0.05) is 0 Å². The molecule has 1 aliphatic heterocycles. The highest BCUT2D eigenvalue weighted by Crippen LogP contribution is 2.18. The molecule has 1 aromatic carbocycles. The van der Waals surface area contributed by atoms with Crippen LogP contribution in [0.1, 0.15) is 12.0 Å². The standard InChI is InChI=1S/C19H22F2N4O2/c20-18(21)27-17-4-2-16(3-5-17)23-19(26)25-11-1-10-24(12-13-25)14-15-6-8-22-9-7-15/h2-9,18H,1,10-14H2,(H,23,26). The van der Waals surface area contributed by atoms with Gasteiger partial charge in [0.25, 0.3) is 0 Å². The number of amides is 2. The highest BCUT2D eigenvalue weighted by molar-refractivity contribution is 5.89. The number of aromatic nitrogens is 1. The van der Waals surface area contributed by atoms with E-state index in [0.29, 0.717) is 18.8 Å². The number of ether oxygens (including phenoxy) is 1. The van der Waals surface area contributed by atoms with Crippen molar-refractivity contribution in [2.75, 3.05) is 31.5 Å². The van der Waals surface area contributed by atoms with E-state index < -0.39 is 6.61 Å². The predicted molar refractivity (Wildman–Crippen MR) is 97.8 cm³/mol. The Labute approximate surface area is 156 Å². The topological polar surface area (TPSA) is 57.7 Å². The summed E-state index contributed by atoms with van der Waals surface area (Å²) in [7, 11) is 0. The van der Waals surface area contributed by atoms with Gasteiger partial charge in [-0.2, -0.15) is 8.78 Å². The lowest BCUT2D eigenvalue weighted by Crippen LogP contribution is -2.38. The number of carbonyl (C=O) groups is 1. The first kappa shape index (κ1) is 19.0. The van der Waals surface area contributed by atoms with Crippen LogP contribution in [-0.2, 0) is 6.54 Å². The molecule has 0 unspecified atom stereocenters. The Balaban J connectivity index is 1.50. The molecule has 0 spiro atoms.